The third kappa shape index (κ3) is 5.64. The van der Waals surface area contributed by atoms with Crippen LogP contribution in [-0.2, 0) is 6.54 Å². The number of ketones is 1. The van der Waals surface area contributed by atoms with Crippen LogP contribution in [0.15, 0.2) is 78.0 Å². The van der Waals surface area contributed by atoms with E-state index >= 15 is 0 Å². The number of amides is 1. The Hall–Kier alpha value is -3.20. The number of rotatable bonds is 8. The van der Waals surface area contributed by atoms with Gasteiger partial charge in [-0.15, -0.1) is 10.2 Å². The smallest absolute Gasteiger partial charge is 0.251 e. The number of hydrogen-bond donors (Lipinski definition) is 1. The van der Waals surface area contributed by atoms with Crippen molar-refractivity contribution in [2.75, 3.05) is 5.75 Å². The maximum atomic E-state index is 13.5. The summed E-state index contributed by atoms with van der Waals surface area (Å²) in [4.78, 5) is 25.0. The Bertz CT molecular complexity index is 1350. The Balaban J connectivity index is 1.58. The molecule has 10 heteroatoms. The zero-order chi connectivity index (χ0) is 24.1. The van der Waals surface area contributed by atoms with Gasteiger partial charge in [0.1, 0.15) is 5.82 Å². The zero-order valence-electron chi connectivity index (χ0n) is 17.5. The van der Waals surface area contributed by atoms with Crippen LogP contribution in [0.3, 0.4) is 0 Å². The summed E-state index contributed by atoms with van der Waals surface area (Å²) in [5.74, 6) is -0.489. The average Bonchev–Trinajstić information content (AvgIpc) is 3.26. The lowest BCUT2D eigenvalue weighted by Crippen LogP contribution is -2.24. The fraction of sp³-hybridized carbons (Fsp3) is 0.0833. The van der Waals surface area contributed by atoms with Crippen molar-refractivity contribution in [3.05, 3.63) is 106 Å². The van der Waals surface area contributed by atoms with Gasteiger partial charge < -0.3 is 5.32 Å². The van der Waals surface area contributed by atoms with Gasteiger partial charge in [0.25, 0.3) is 5.91 Å². The molecule has 0 spiro atoms. The molecular formula is C24H17Cl2FN4O2S. The molecule has 6 nitrogen and oxygen atoms in total. The Morgan fingerprint density at radius 3 is 2.41 bits per heavy atom. The van der Waals surface area contributed by atoms with Gasteiger partial charge in [-0.2, -0.15) is 0 Å². The van der Waals surface area contributed by atoms with Gasteiger partial charge >= 0.3 is 0 Å². The van der Waals surface area contributed by atoms with E-state index in [0.717, 1.165) is 6.07 Å². The summed E-state index contributed by atoms with van der Waals surface area (Å²) in [7, 11) is 0. The number of thioether (sulfide) groups is 1. The van der Waals surface area contributed by atoms with Gasteiger partial charge in [-0.05, 0) is 36.4 Å². The molecule has 0 aliphatic heterocycles. The Labute approximate surface area is 209 Å². The molecule has 34 heavy (non-hydrogen) atoms. The maximum Gasteiger partial charge on any atom is 0.251 e. The number of carbonyl (C=O) groups is 2. The van der Waals surface area contributed by atoms with Crippen LogP contribution in [0.4, 0.5) is 4.39 Å². The Kier molecular flexibility index (Phi) is 7.62. The number of halogens is 3. The number of nitrogens with zero attached hydrogens (tertiary/aromatic N) is 3. The molecule has 0 atom stereocenters. The summed E-state index contributed by atoms with van der Waals surface area (Å²) >= 11 is 13.5. The number of benzene rings is 3. The van der Waals surface area contributed by atoms with E-state index in [1.807, 2.05) is 6.07 Å². The van der Waals surface area contributed by atoms with Crippen molar-refractivity contribution in [3.63, 3.8) is 0 Å². The summed E-state index contributed by atoms with van der Waals surface area (Å²) in [5.41, 5.74) is 1.39. The molecule has 0 aliphatic rings. The lowest BCUT2D eigenvalue weighted by molar-refractivity contribution is 0.0948. The highest BCUT2D eigenvalue weighted by Crippen LogP contribution is 2.28. The zero-order valence-corrected chi connectivity index (χ0v) is 19.9. The van der Waals surface area contributed by atoms with Gasteiger partial charge in [-0.3, -0.25) is 14.2 Å². The van der Waals surface area contributed by atoms with Crippen molar-refractivity contribution < 1.29 is 14.0 Å². The third-order valence-electron chi connectivity index (χ3n) is 4.78. The summed E-state index contributed by atoms with van der Waals surface area (Å²) < 4.78 is 15.2. The average molecular weight is 515 g/mol. The SMILES string of the molecule is O=C(CSc1nnc(CNC(=O)c2cccc(F)c2)n1-c1ccc(Cl)c(Cl)c1)c1ccccc1. The molecule has 0 aliphatic carbocycles. The molecule has 0 bridgehead atoms. The first-order valence-electron chi connectivity index (χ1n) is 10.1. The standard InChI is InChI=1S/C24H17Cl2FN4O2S/c25-19-10-9-18(12-20(19)26)31-22(13-28-23(33)16-7-4-8-17(27)11-16)29-30-24(31)34-14-21(32)15-5-2-1-3-6-15/h1-12H,13-14H2,(H,28,33). The molecule has 3 aromatic carbocycles. The van der Waals surface area contributed by atoms with E-state index in [0.29, 0.717) is 32.3 Å². The van der Waals surface area contributed by atoms with Crippen LogP contribution in [-0.4, -0.2) is 32.2 Å². The van der Waals surface area contributed by atoms with Crippen LogP contribution in [0, 0.1) is 5.82 Å². The fourth-order valence-corrected chi connectivity index (χ4v) is 4.28. The first-order valence-corrected chi connectivity index (χ1v) is 11.8. The lowest BCUT2D eigenvalue weighted by Gasteiger charge is -2.12. The van der Waals surface area contributed by atoms with Crippen molar-refractivity contribution in [2.45, 2.75) is 11.7 Å². The van der Waals surface area contributed by atoms with Crippen LogP contribution in [0.1, 0.15) is 26.5 Å². The quantitative estimate of drug-likeness (QED) is 0.244. The van der Waals surface area contributed by atoms with E-state index in [1.165, 1.54) is 30.0 Å². The highest BCUT2D eigenvalue weighted by molar-refractivity contribution is 7.99. The summed E-state index contributed by atoms with van der Waals surface area (Å²) in [6.45, 7) is 0.00971. The van der Waals surface area contributed by atoms with Crippen molar-refractivity contribution >= 4 is 46.7 Å². The molecule has 4 aromatic rings. The second-order valence-corrected chi connectivity index (χ2v) is 8.86. The van der Waals surface area contributed by atoms with Crippen LogP contribution in [0.5, 0.6) is 0 Å². The second-order valence-electron chi connectivity index (χ2n) is 7.10. The molecule has 1 heterocycles. The molecule has 0 unspecified atom stereocenters. The van der Waals surface area contributed by atoms with Crippen LogP contribution < -0.4 is 5.32 Å². The van der Waals surface area contributed by atoms with E-state index in [9.17, 15) is 14.0 Å². The van der Waals surface area contributed by atoms with Gasteiger partial charge in [-0.1, -0.05) is 71.4 Å². The van der Waals surface area contributed by atoms with E-state index in [1.54, 1.807) is 47.0 Å². The fourth-order valence-electron chi connectivity index (χ4n) is 3.12. The van der Waals surface area contributed by atoms with E-state index in [-0.39, 0.29) is 23.6 Å². The number of Topliss-reactive ketones (excluding diaryl/α,β-unsaturated/α-hetero) is 1. The van der Waals surface area contributed by atoms with Gasteiger partial charge in [0.05, 0.1) is 28.0 Å². The molecule has 1 aromatic heterocycles. The Morgan fingerprint density at radius 2 is 1.68 bits per heavy atom. The van der Waals surface area contributed by atoms with Gasteiger partial charge in [0.15, 0.2) is 16.8 Å². The van der Waals surface area contributed by atoms with Crippen molar-refractivity contribution in [3.8, 4) is 5.69 Å². The third-order valence-corrected chi connectivity index (χ3v) is 6.45. The summed E-state index contributed by atoms with van der Waals surface area (Å²) in [6.07, 6.45) is 0. The first-order chi connectivity index (χ1) is 16.4. The molecular weight excluding hydrogens is 498 g/mol. The monoisotopic (exact) mass is 514 g/mol. The minimum atomic E-state index is -0.506. The predicted molar refractivity (Wildman–Crippen MR) is 130 cm³/mol. The summed E-state index contributed by atoms with van der Waals surface area (Å²) in [5, 5.41) is 12.3. The van der Waals surface area contributed by atoms with Crippen LogP contribution >= 0.6 is 35.0 Å². The number of nitrogens with one attached hydrogen (secondary N) is 1. The largest absolute Gasteiger partial charge is 0.345 e. The minimum Gasteiger partial charge on any atom is -0.345 e. The van der Waals surface area contributed by atoms with E-state index < -0.39 is 11.7 Å². The van der Waals surface area contributed by atoms with Crippen molar-refractivity contribution in [1.29, 1.82) is 0 Å². The topological polar surface area (TPSA) is 76.9 Å². The summed E-state index contributed by atoms with van der Waals surface area (Å²) in [6, 6.07) is 19.3. The first kappa shape index (κ1) is 23.9. The van der Waals surface area contributed by atoms with Gasteiger partial charge in [0, 0.05) is 11.1 Å². The molecule has 0 saturated heterocycles. The van der Waals surface area contributed by atoms with Crippen molar-refractivity contribution in [1.82, 2.24) is 20.1 Å². The normalized spacial score (nSPS) is 10.8. The van der Waals surface area contributed by atoms with Crippen molar-refractivity contribution in [2.24, 2.45) is 0 Å². The molecule has 1 amide bonds. The highest BCUT2D eigenvalue weighted by Gasteiger charge is 2.18. The minimum absolute atomic E-state index is 0.00971. The molecule has 1 N–H and O–H groups in total. The highest BCUT2D eigenvalue weighted by atomic mass is 35.5. The van der Waals surface area contributed by atoms with Gasteiger partial charge in [-0.25, -0.2) is 4.39 Å². The second kappa shape index (κ2) is 10.8. The molecule has 172 valence electrons. The number of hydrogen-bond acceptors (Lipinski definition) is 5. The number of carbonyl (C=O) groups excluding carboxylic acids is 2. The van der Waals surface area contributed by atoms with E-state index in [4.69, 9.17) is 23.2 Å². The Morgan fingerprint density at radius 1 is 0.912 bits per heavy atom. The molecule has 4 rings (SSSR count). The maximum absolute atomic E-state index is 13.5. The van der Waals surface area contributed by atoms with Crippen LogP contribution in [0.2, 0.25) is 10.0 Å². The number of aromatic nitrogens is 3. The molecule has 0 fully saturated rings. The van der Waals surface area contributed by atoms with Gasteiger partial charge in [0.2, 0.25) is 0 Å². The molecule has 0 saturated carbocycles. The molecule has 0 radical (unpaired) electrons. The van der Waals surface area contributed by atoms with E-state index in [2.05, 4.69) is 15.5 Å². The lowest BCUT2D eigenvalue weighted by atomic mass is 10.2. The van der Waals surface area contributed by atoms with Crippen LogP contribution in [0.25, 0.3) is 5.69 Å². The predicted octanol–water partition coefficient (Wildman–Crippen LogP) is 5.62.